The van der Waals surface area contributed by atoms with Gasteiger partial charge in [-0.3, -0.25) is 4.99 Å². The number of hydrogen-bond donors (Lipinski definition) is 0. The lowest BCUT2D eigenvalue weighted by Gasteiger charge is -2.13. The van der Waals surface area contributed by atoms with E-state index in [2.05, 4.69) is 20.0 Å². The van der Waals surface area contributed by atoms with Crippen molar-refractivity contribution in [1.82, 2.24) is 0 Å². The number of amidine groups is 1. The first-order valence-electron chi connectivity index (χ1n) is 5.50. The van der Waals surface area contributed by atoms with E-state index in [0.29, 0.717) is 15.9 Å². The summed E-state index contributed by atoms with van der Waals surface area (Å²) in [6.45, 7) is 0. The van der Waals surface area contributed by atoms with Crippen molar-refractivity contribution < 1.29 is 0 Å². The molecule has 1 unspecified atom stereocenters. The van der Waals surface area contributed by atoms with Crippen molar-refractivity contribution >= 4 is 58.5 Å². The Morgan fingerprint density at radius 1 is 1.11 bits per heavy atom. The molecule has 0 spiro atoms. The summed E-state index contributed by atoms with van der Waals surface area (Å²) in [6, 6.07) is 5.47. The van der Waals surface area contributed by atoms with Crippen molar-refractivity contribution in [3.05, 3.63) is 33.8 Å². The molecular formula is C12H8Cl2N4S. The number of halogens is 2. The van der Waals surface area contributed by atoms with Gasteiger partial charge in [0.1, 0.15) is 17.7 Å². The third kappa shape index (κ3) is 2.73. The van der Waals surface area contributed by atoms with Crippen LogP contribution in [0.2, 0.25) is 10.0 Å². The summed E-state index contributed by atoms with van der Waals surface area (Å²) >= 11 is 13.5. The summed E-state index contributed by atoms with van der Waals surface area (Å²) in [6.07, 6.45) is 3.04. The van der Waals surface area contributed by atoms with Crippen LogP contribution in [0.4, 0.5) is 0 Å². The van der Waals surface area contributed by atoms with Gasteiger partial charge in [0.15, 0.2) is 11.9 Å². The fourth-order valence-corrected chi connectivity index (χ4v) is 2.95. The van der Waals surface area contributed by atoms with Crippen molar-refractivity contribution in [2.75, 3.05) is 0 Å². The number of nitrogens with zero attached hydrogens (tertiary/aromatic N) is 4. The second-order valence-corrected chi connectivity index (χ2v) is 5.71. The number of benzene rings is 1. The molecule has 96 valence electrons. The highest BCUT2D eigenvalue weighted by Gasteiger charge is 2.26. The van der Waals surface area contributed by atoms with Crippen LogP contribution in [-0.4, -0.2) is 29.6 Å². The van der Waals surface area contributed by atoms with Crippen LogP contribution in [0.25, 0.3) is 0 Å². The molecule has 0 saturated carbocycles. The van der Waals surface area contributed by atoms with Gasteiger partial charge in [-0.2, -0.15) is 0 Å². The molecule has 0 saturated heterocycles. The summed E-state index contributed by atoms with van der Waals surface area (Å²) < 4.78 is 0. The van der Waals surface area contributed by atoms with E-state index in [9.17, 15) is 0 Å². The number of fused-ring (bicyclic) bond motifs is 1. The molecule has 2 aliphatic heterocycles. The average molecular weight is 311 g/mol. The molecular weight excluding hydrogens is 303 g/mol. The van der Waals surface area contributed by atoms with Gasteiger partial charge in [-0.1, -0.05) is 29.3 Å². The highest BCUT2D eigenvalue weighted by atomic mass is 35.5. The summed E-state index contributed by atoms with van der Waals surface area (Å²) in [5, 5.41) is 2.02. The molecule has 2 aliphatic rings. The van der Waals surface area contributed by atoms with E-state index in [0.717, 1.165) is 16.4 Å². The topological polar surface area (TPSA) is 49.4 Å². The summed E-state index contributed by atoms with van der Waals surface area (Å²) in [5.41, 5.74) is 1.09. The third-order valence-corrected chi connectivity index (χ3v) is 4.47. The van der Waals surface area contributed by atoms with E-state index in [4.69, 9.17) is 23.2 Å². The van der Waals surface area contributed by atoms with Gasteiger partial charge in [-0.25, -0.2) is 15.0 Å². The van der Waals surface area contributed by atoms with E-state index in [1.807, 2.05) is 12.1 Å². The lowest BCUT2D eigenvalue weighted by Crippen LogP contribution is -2.25. The van der Waals surface area contributed by atoms with Gasteiger partial charge in [0.05, 0.1) is 10.0 Å². The molecule has 0 radical (unpaired) electrons. The lowest BCUT2D eigenvalue weighted by molar-refractivity contribution is 1.16. The number of aliphatic imine (C=N–C) groups is 4. The van der Waals surface area contributed by atoms with E-state index in [1.165, 1.54) is 12.7 Å². The van der Waals surface area contributed by atoms with Gasteiger partial charge in [0, 0.05) is 5.75 Å². The molecule has 0 N–H and O–H groups in total. The fourth-order valence-electron chi connectivity index (χ4n) is 1.69. The van der Waals surface area contributed by atoms with Crippen molar-refractivity contribution in [3.8, 4) is 0 Å². The van der Waals surface area contributed by atoms with Crippen LogP contribution in [0.5, 0.6) is 0 Å². The smallest absolute Gasteiger partial charge is 0.163 e. The molecule has 4 nitrogen and oxygen atoms in total. The average Bonchev–Trinajstić information content (AvgIpc) is 2.89. The zero-order valence-corrected chi connectivity index (χ0v) is 12.0. The monoisotopic (exact) mass is 310 g/mol. The second kappa shape index (κ2) is 5.45. The summed E-state index contributed by atoms with van der Waals surface area (Å²) in [4.78, 5) is 16.7. The maximum absolute atomic E-state index is 5.99. The van der Waals surface area contributed by atoms with Crippen molar-refractivity contribution in [3.63, 3.8) is 0 Å². The van der Waals surface area contributed by atoms with Crippen molar-refractivity contribution in [2.24, 2.45) is 20.0 Å². The van der Waals surface area contributed by atoms with E-state index < -0.39 is 0 Å². The molecule has 1 aromatic carbocycles. The van der Waals surface area contributed by atoms with E-state index >= 15 is 0 Å². The third-order valence-electron chi connectivity index (χ3n) is 2.63. The largest absolute Gasteiger partial charge is 0.255 e. The van der Waals surface area contributed by atoms with Gasteiger partial charge in [-0.05, 0) is 17.7 Å². The zero-order chi connectivity index (χ0) is 13.2. The first-order valence-corrected chi connectivity index (χ1v) is 7.24. The highest BCUT2D eigenvalue weighted by molar-refractivity contribution is 8.13. The minimum Gasteiger partial charge on any atom is -0.255 e. The highest BCUT2D eigenvalue weighted by Crippen LogP contribution is 2.26. The van der Waals surface area contributed by atoms with E-state index in [-0.39, 0.29) is 6.04 Å². The molecule has 1 aromatic rings. The van der Waals surface area contributed by atoms with Crippen molar-refractivity contribution in [1.29, 1.82) is 0 Å². The van der Waals surface area contributed by atoms with Gasteiger partial charge < -0.3 is 0 Å². The second-order valence-electron chi connectivity index (χ2n) is 3.90. The van der Waals surface area contributed by atoms with Crippen LogP contribution in [0.15, 0.2) is 38.2 Å². The minimum absolute atomic E-state index is 0.141. The summed E-state index contributed by atoms with van der Waals surface area (Å²) in [7, 11) is 0. The maximum atomic E-state index is 5.99. The first kappa shape index (κ1) is 12.8. The van der Waals surface area contributed by atoms with Crippen LogP contribution < -0.4 is 0 Å². The lowest BCUT2D eigenvalue weighted by atomic mass is 10.2. The molecule has 0 fully saturated rings. The fraction of sp³-hybridized carbons (Fsp3) is 0.167. The standard InChI is InChI=1S/C12H8Cl2N4S/c13-8-2-1-7(3-9(8)14)4-19-12-10-11(16-5-15-10)17-6-18-12/h1-3,5-6,10H,4H2. The zero-order valence-electron chi connectivity index (χ0n) is 9.62. The Morgan fingerprint density at radius 3 is 2.84 bits per heavy atom. The van der Waals surface area contributed by atoms with Crippen LogP contribution in [0, 0.1) is 0 Å². The Labute approximate surface area is 124 Å². The maximum Gasteiger partial charge on any atom is 0.163 e. The van der Waals surface area contributed by atoms with Crippen molar-refractivity contribution in [2.45, 2.75) is 11.8 Å². The Bertz CT molecular complexity index is 637. The van der Waals surface area contributed by atoms with Crippen LogP contribution in [0.3, 0.4) is 0 Å². The predicted molar refractivity (Wildman–Crippen MR) is 83.4 cm³/mol. The first-order chi connectivity index (χ1) is 9.24. The molecule has 0 aliphatic carbocycles. The Hall–Kier alpha value is -1.17. The van der Waals surface area contributed by atoms with Crippen LogP contribution in [-0.2, 0) is 5.75 Å². The molecule has 0 aromatic heterocycles. The molecule has 19 heavy (non-hydrogen) atoms. The van der Waals surface area contributed by atoms with Crippen LogP contribution >= 0.6 is 35.0 Å². The Kier molecular flexibility index (Phi) is 3.68. The SMILES string of the molecule is Clc1ccc(CSC2=NC=NC3=NC=NC32)cc1Cl. The van der Waals surface area contributed by atoms with E-state index in [1.54, 1.807) is 17.8 Å². The molecule has 2 heterocycles. The normalized spacial score (nSPS) is 20.2. The number of rotatable bonds is 2. The molecule has 7 heteroatoms. The van der Waals surface area contributed by atoms with Gasteiger partial charge in [0.2, 0.25) is 0 Å². The Morgan fingerprint density at radius 2 is 2.00 bits per heavy atom. The molecule has 1 atom stereocenters. The Balaban J connectivity index is 1.71. The molecule has 0 amide bonds. The molecule has 3 rings (SSSR count). The van der Waals surface area contributed by atoms with Gasteiger partial charge in [0.25, 0.3) is 0 Å². The quantitative estimate of drug-likeness (QED) is 0.825. The van der Waals surface area contributed by atoms with Gasteiger partial charge in [-0.15, -0.1) is 11.8 Å². The minimum atomic E-state index is -0.141. The van der Waals surface area contributed by atoms with Crippen LogP contribution in [0.1, 0.15) is 5.56 Å². The summed E-state index contributed by atoms with van der Waals surface area (Å²) in [5.74, 6) is 1.45. The number of thioether (sulfide) groups is 1. The molecule has 0 bridgehead atoms. The number of hydrogen-bond acceptors (Lipinski definition) is 5. The van der Waals surface area contributed by atoms with Gasteiger partial charge >= 0.3 is 0 Å². The predicted octanol–water partition coefficient (Wildman–Crippen LogP) is 3.48.